The molecule has 78 valence electrons. The zero-order valence-corrected chi connectivity index (χ0v) is 8.52. The number of nitrogens with zero attached hydrogens (tertiary/aromatic N) is 2. The first-order valence-electron chi connectivity index (χ1n) is 4.08. The van der Waals surface area contributed by atoms with Gasteiger partial charge in [0, 0.05) is 6.20 Å². The molecular formula is C9H7ClN2O3. The average molecular weight is 227 g/mol. The highest BCUT2D eigenvalue weighted by Crippen LogP contribution is 2.31. The smallest absolute Gasteiger partial charge is 0.339 e. The molecule has 2 rings (SSSR count). The monoisotopic (exact) mass is 226 g/mol. The molecule has 0 saturated heterocycles. The van der Waals surface area contributed by atoms with Gasteiger partial charge in [-0.3, -0.25) is 0 Å². The Morgan fingerprint density at radius 3 is 3.00 bits per heavy atom. The number of carboxylic acids is 1. The zero-order valence-electron chi connectivity index (χ0n) is 7.77. The molecule has 0 saturated carbocycles. The van der Waals surface area contributed by atoms with E-state index in [2.05, 4.69) is 5.10 Å². The van der Waals surface area contributed by atoms with Gasteiger partial charge in [-0.2, -0.15) is 5.10 Å². The maximum atomic E-state index is 10.9. The third-order valence-electron chi connectivity index (χ3n) is 2.02. The number of halogens is 1. The van der Waals surface area contributed by atoms with Crippen LogP contribution in [0.5, 0.6) is 5.75 Å². The third kappa shape index (κ3) is 1.41. The number of methoxy groups -OCH3 is 1. The van der Waals surface area contributed by atoms with Crippen LogP contribution in [-0.2, 0) is 0 Å². The molecule has 0 atom stereocenters. The van der Waals surface area contributed by atoms with Crippen molar-refractivity contribution in [3.8, 4) is 5.75 Å². The first-order valence-corrected chi connectivity index (χ1v) is 4.46. The van der Waals surface area contributed by atoms with Crippen molar-refractivity contribution < 1.29 is 14.6 Å². The molecular weight excluding hydrogens is 220 g/mol. The average Bonchev–Trinajstić information content (AvgIpc) is 2.61. The molecule has 2 aromatic heterocycles. The van der Waals surface area contributed by atoms with Crippen LogP contribution in [0.15, 0.2) is 18.5 Å². The summed E-state index contributed by atoms with van der Waals surface area (Å²) in [6.45, 7) is 0. The van der Waals surface area contributed by atoms with Crippen molar-refractivity contribution in [2.45, 2.75) is 0 Å². The molecule has 0 unspecified atom stereocenters. The number of ether oxygens (including phenoxy) is 1. The minimum atomic E-state index is -1.06. The number of rotatable bonds is 2. The number of carbonyl (C=O) groups is 1. The van der Waals surface area contributed by atoms with Gasteiger partial charge in [0.05, 0.1) is 18.3 Å². The molecule has 0 fully saturated rings. The highest BCUT2D eigenvalue weighted by molar-refractivity contribution is 6.32. The van der Waals surface area contributed by atoms with Crippen LogP contribution in [0, 0.1) is 0 Å². The maximum absolute atomic E-state index is 10.9. The van der Waals surface area contributed by atoms with E-state index in [1.54, 1.807) is 12.3 Å². The fraction of sp³-hybridized carbons (Fsp3) is 0.111. The van der Waals surface area contributed by atoms with Crippen molar-refractivity contribution in [3.05, 3.63) is 29.0 Å². The van der Waals surface area contributed by atoms with E-state index in [0.29, 0.717) is 16.3 Å². The minimum Gasteiger partial charge on any atom is -0.493 e. The number of pyridine rings is 1. The van der Waals surface area contributed by atoms with E-state index in [4.69, 9.17) is 21.4 Å². The van der Waals surface area contributed by atoms with Gasteiger partial charge in [0.15, 0.2) is 5.75 Å². The van der Waals surface area contributed by atoms with Crippen molar-refractivity contribution >= 4 is 23.1 Å². The van der Waals surface area contributed by atoms with E-state index in [-0.39, 0.29) is 5.56 Å². The van der Waals surface area contributed by atoms with Crippen LogP contribution in [0.25, 0.3) is 5.52 Å². The van der Waals surface area contributed by atoms with Crippen molar-refractivity contribution in [2.75, 3.05) is 7.11 Å². The summed E-state index contributed by atoms with van der Waals surface area (Å²) in [5.41, 5.74) is 0.423. The van der Waals surface area contributed by atoms with E-state index in [1.807, 2.05) is 0 Å². The topological polar surface area (TPSA) is 63.8 Å². The molecule has 0 radical (unpaired) electrons. The van der Waals surface area contributed by atoms with E-state index >= 15 is 0 Å². The summed E-state index contributed by atoms with van der Waals surface area (Å²) in [4.78, 5) is 10.9. The fourth-order valence-corrected chi connectivity index (χ4v) is 1.60. The second kappa shape index (κ2) is 3.43. The summed E-state index contributed by atoms with van der Waals surface area (Å²) in [7, 11) is 1.43. The molecule has 1 N–H and O–H groups in total. The Hall–Kier alpha value is -1.75. The quantitative estimate of drug-likeness (QED) is 0.847. The molecule has 6 heteroatoms. The van der Waals surface area contributed by atoms with Gasteiger partial charge in [-0.15, -0.1) is 0 Å². The van der Waals surface area contributed by atoms with E-state index in [0.717, 1.165) is 0 Å². The van der Waals surface area contributed by atoms with Gasteiger partial charge >= 0.3 is 5.97 Å². The Morgan fingerprint density at radius 2 is 2.40 bits per heavy atom. The van der Waals surface area contributed by atoms with E-state index < -0.39 is 5.97 Å². The third-order valence-corrected chi connectivity index (χ3v) is 2.32. The number of carboxylic acid groups (broad SMARTS) is 1. The van der Waals surface area contributed by atoms with Crippen LogP contribution < -0.4 is 4.74 Å². The van der Waals surface area contributed by atoms with Gasteiger partial charge in [-0.25, -0.2) is 9.31 Å². The van der Waals surface area contributed by atoms with Crippen molar-refractivity contribution in [2.24, 2.45) is 0 Å². The highest BCUT2D eigenvalue weighted by Gasteiger charge is 2.17. The summed E-state index contributed by atoms with van der Waals surface area (Å²) in [5.74, 6) is -0.750. The second-order valence-electron chi connectivity index (χ2n) is 2.85. The molecule has 0 aliphatic rings. The molecule has 5 nitrogen and oxygen atoms in total. The van der Waals surface area contributed by atoms with E-state index in [1.165, 1.54) is 17.8 Å². The number of fused-ring (bicyclic) bond motifs is 1. The summed E-state index contributed by atoms with van der Waals surface area (Å²) in [5, 5.41) is 13.2. The summed E-state index contributed by atoms with van der Waals surface area (Å²) in [6.07, 6.45) is 2.84. The Labute approximate surface area is 89.8 Å². The normalized spacial score (nSPS) is 10.5. The van der Waals surface area contributed by atoms with Crippen LogP contribution in [0.4, 0.5) is 0 Å². The number of hydrogen-bond donors (Lipinski definition) is 1. The van der Waals surface area contributed by atoms with Crippen molar-refractivity contribution in [1.29, 1.82) is 0 Å². The lowest BCUT2D eigenvalue weighted by Crippen LogP contribution is -1.98. The molecule has 2 aromatic rings. The summed E-state index contributed by atoms with van der Waals surface area (Å²) < 4.78 is 6.46. The SMILES string of the molecule is COc1c(Cl)ccn2ncc(C(=O)O)c12. The molecule has 2 heterocycles. The molecule has 15 heavy (non-hydrogen) atoms. The Kier molecular flexibility index (Phi) is 2.24. The molecule has 0 aliphatic heterocycles. The predicted octanol–water partition coefficient (Wildman–Crippen LogP) is 1.69. The van der Waals surface area contributed by atoms with Crippen LogP contribution in [0.3, 0.4) is 0 Å². The van der Waals surface area contributed by atoms with Crippen LogP contribution in [0.1, 0.15) is 10.4 Å². The molecule has 0 bridgehead atoms. The van der Waals surface area contributed by atoms with E-state index in [9.17, 15) is 4.79 Å². The van der Waals surface area contributed by atoms with Gasteiger partial charge in [-0.1, -0.05) is 11.6 Å². The van der Waals surface area contributed by atoms with Gasteiger partial charge in [0.2, 0.25) is 0 Å². The molecule has 0 spiro atoms. The van der Waals surface area contributed by atoms with Gasteiger partial charge < -0.3 is 9.84 Å². The molecule has 0 amide bonds. The minimum absolute atomic E-state index is 0.0642. The van der Waals surface area contributed by atoms with Crippen molar-refractivity contribution in [3.63, 3.8) is 0 Å². The lowest BCUT2D eigenvalue weighted by atomic mass is 10.2. The number of aromatic nitrogens is 2. The van der Waals surface area contributed by atoms with Crippen LogP contribution >= 0.6 is 11.6 Å². The van der Waals surface area contributed by atoms with Gasteiger partial charge in [0.1, 0.15) is 11.1 Å². The second-order valence-corrected chi connectivity index (χ2v) is 3.26. The molecule has 0 aliphatic carbocycles. The number of aromatic carboxylic acids is 1. The largest absolute Gasteiger partial charge is 0.493 e. The first-order chi connectivity index (χ1) is 7.15. The van der Waals surface area contributed by atoms with Gasteiger partial charge in [-0.05, 0) is 6.07 Å². The van der Waals surface area contributed by atoms with Crippen molar-refractivity contribution in [1.82, 2.24) is 9.61 Å². The highest BCUT2D eigenvalue weighted by atomic mass is 35.5. The maximum Gasteiger partial charge on any atom is 0.339 e. The Balaban J connectivity index is 2.86. The fourth-order valence-electron chi connectivity index (χ4n) is 1.38. The lowest BCUT2D eigenvalue weighted by molar-refractivity contribution is 0.0699. The van der Waals surface area contributed by atoms with Crippen LogP contribution in [-0.4, -0.2) is 27.8 Å². The first kappa shape index (κ1) is 9.79. The zero-order chi connectivity index (χ0) is 11.0. The lowest BCUT2D eigenvalue weighted by Gasteiger charge is -2.05. The molecule has 0 aromatic carbocycles. The Bertz CT molecular complexity index is 535. The predicted molar refractivity (Wildman–Crippen MR) is 53.7 cm³/mol. The number of hydrogen-bond acceptors (Lipinski definition) is 3. The Morgan fingerprint density at radius 1 is 1.67 bits per heavy atom. The summed E-state index contributed by atoms with van der Waals surface area (Å²) in [6, 6.07) is 1.59. The summed E-state index contributed by atoms with van der Waals surface area (Å²) >= 11 is 5.88. The van der Waals surface area contributed by atoms with Gasteiger partial charge in [0.25, 0.3) is 0 Å². The standard InChI is InChI=1S/C9H7ClN2O3/c1-15-8-6(10)2-3-12-7(8)5(4-11-12)9(13)14/h2-4H,1H3,(H,13,14). The van der Waals surface area contributed by atoms with Crippen LogP contribution in [0.2, 0.25) is 5.02 Å².